The fraction of sp³-hybridized carbons (Fsp3) is 0.647. The number of likely N-dealkylation sites (tertiary alicyclic amines) is 1. The molecule has 1 fully saturated rings. The Morgan fingerprint density at radius 3 is 2.34 bits per heavy atom. The van der Waals surface area contributed by atoms with Crippen molar-refractivity contribution in [3.63, 3.8) is 0 Å². The van der Waals surface area contributed by atoms with Crippen LogP contribution in [0.15, 0.2) is 17.3 Å². The van der Waals surface area contributed by atoms with Crippen LogP contribution >= 0.6 is 11.6 Å². The number of rotatable bonds is 11. The molecule has 47 heavy (non-hydrogen) atoms. The highest BCUT2D eigenvalue weighted by atomic mass is 35.5. The molecule has 0 saturated carbocycles. The van der Waals surface area contributed by atoms with Gasteiger partial charge >= 0.3 is 0 Å². The number of likely N-dealkylation sites (N-methyl/N-ethyl adjacent to an activating group) is 1. The summed E-state index contributed by atoms with van der Waals surface area (Å²) in [5.74, 6) is -2.41. The van der Waals surface area contributed by atoms with Gasteiger partial charge in [-0.1, -0.05) is 71.6 Å². The van der Waals surface area contributed by atoms with Gasteiger partial charge < -0.3 is 30.4 Å². The van der Waals surface area contributed by atoms with E-state index in [2.05, 4.69) is 21.1 Å². The Labute approximate surface area is 282 Å². The Hall–Kier alpha value is -3.67. The number of nitrogens with zero attached hydrogens (tertiary/aromatic N) is 2. The highest BCUT2D eigenvalue weighted by Crippen LogP contribution is 2.41. The molecule has 0 aromatic heterocycles. The van der Waals surface area contributed by atoms with E-state index in [0.29, 0.717) is 22.9 Å². The predicted octanol–water partition coefficient (Wildman–Crippen LogP) is 3.69. The number of oxime groups is 1. The zero-order chi connectivity index (χ0) is 35.5. The third kappa shape index (κ3) is 9.03. The minimum atomic E-state index is -1.08. The van der Waals surface area contributed by atoms with Gasteiger partial charge in [-0.05, 0) is 41.9 Å². The zero-order valence-corrected chi connectivity index (χ0v) is 30.0. The summed E-state index contributed by atoms with van der Waals surface area (Å²) in [6.07, 6.45) is 1.31. The minimum absolute atomic E-state index is 0.00339. The summed E-state index contributed by atoms with van der Waals surface area (Å²) in [5.41, 5.74) is 0.125. The topological polar surface area (TPSA) is 156 Å². The Bertz CT molecular complexity index is 1430. The van der Waals surface area contributed by atoms with E-state index in [1.807, 2.05) is 55.4 Å². The lowest BCUT2D eigenvalue weighted by molar-refractivity contribution is -0.145. The number of aryl methyl sites for hydroxylation is 1. The van der Waals surface area contributed by atoms with Crippen molar-refractivity contribution < 1.29 is 33.5 Å². The average molecular weight is 676 g/mol. The van der Waals surface area contributed by atoms with Crippen LogP contribution in [-0.2, 0) is 28.8 Å². The third-order valence-electron chi connectivity index (χ3n) is 8.40. The molecular formula is C34H50ClN5O7. The number of amides is 4. The highest BCUT2D eigenvalue weighted by Gasteiger charge is 2.55. The summed E-state index contributed by atoms with van der Waals surface area (Å²) in [6.45, 7) is 15.1. The molecule has 2 aliphatic rings. The number of ether oxygens (including phenoxy) is 1. The third-order valence-corrected chi connectivity index (χ3v) is 8.70. The van der Waals surface area contributed by atoms with Crippen molar-refractivity contribution in [2.75, 3.05) is 20.7 Å². The number of methoxy groups -OCH3 is 1. The van der Waals surface area contributed by atoms with E-state index in [-0.39, 0.29) is 43.6 Å². The van der Waals surface area contributed by atoms with E-state index >= 15 is 0 Å². The molecule has 1 aromatic carbocycles. The van der Waals surface area contributed by atoms with Gasteiger partial charge in [0.05, 0.1) is 30.4 Å². The Balaban J connectivity index is 1.99. The molecule has 4 atom stereocenters. The van der Waals surface area contributed by atoms with Gasteiger partial charge in [0.1, 0.15) is 17.8 Å². The van der Waals surface area contributed by atoms with Gasteiger partial charge in [0.15, 0.2) is 5.60 Å². The number of hydrogen-bond acceptors (Lipinski definition) is 8. The maximum absolute atomic E-state index is 14.4. The van der Waals surface area contributed by atoms with Crippen molar-refractivity contribution in [1.82, 2.24) is 20.9 Å². The van der Waals surface area contributed by atoms with Crippen LogP contribution in [0.4, 0.5) is 0 Å². The summed E-state index contributed by atoms with van der Waals surface area (Å²) in [7, 11) is 2.88. The van der Waals surface area contributed by atoms with E-state index in [1.54, 1.807) is 12.1 Å². The molecule has 3 rings (SSSR count). The molecule has 0 bridgehead atoms. The first-order valence-electron chi connectivity index (χ1n) is 16.0. The van der Waals surface area contributed by atoms with Crippen molar-refractivity contribution in [3.8, 4) is 5.75 Å². The summed E-state index contributed by atoms with van der Waals surface area (Å²) < 4.78 is 5.34. The van der Waals surface area contributed by atoms with E-state index < -0.39 is 52.6 Å². The monoisotopic (exact) mass is 675 g/mol. The fourth-order valence-electron chi connectivity index (χ4n) is 6.01. The summed E-state index contributed by atoms with van der Waals surface area (Å²) in [4.78, 5) is 74.1. The lowest BCUT2D eigenvalue weighted by atomic mass is 9.84. The Morgan fingerprint density at radius 1 is 1.13 bits per heavy atom. The maximum Gasteiger partial charge on any atom is 0.289 e. The molecule has 260 valence electrons. The van der Waals surface area contributed by atoms with Crippen LogP contribution in [0.5, 0.6) is 5.75 Å². The number of Topliss-reactive ketones (excluding diaryl/α,β-unsaturated/α-hetero) is 1. The second-order valence-corrected chi connectivity index (χ2v) is 15.3. The van der Waals surface area contributed by atoms with Crippen molar-refractivity contribution >= 4 is 46.7 Å². The fourth-order valence-corrected chi connectivity index (χ4v) is 6.25. The SMILES string of the molecule is CCC[C@H](NC(=O)[C@@H]1C[C@]2(CC(c3cc(Cl)c(OC)cc3C)=NO2)CN1C(=O)[C@@H](NC(=O)CC(C)(C)C)C(C)(C)C)C(=O)C(=O)NC. The Morgan fingerprint density at radius 2 is 1.79 bits per heavy atom. The van der Waals surface area contributed by atoms with Crippen LogP contribution in [0.25, 0.3) is 0 Å². The molecule has 0 radical (unpaired) electrons. The number of benzene rings is 1. The van der Waals surface area contributed by atoms with Gasteiger partial charge in [-0.15, -0.1) is 0 Å². The van der Waals surface area contributed by atoms with Crippen molar-refractivity contribution in [1.29, 1.82) is 0 Å². The van der Waals surface area contributed by atoms with Crippen LogP contribution < -0.4 is 20.7 Å². The molecule has 1 aromatic rings. The largest absolute Gasteiger partial charge is 0.495 e. The number of halogens is 1. The van der Waals surface area contributed by atoms with Crippen molar-refractivity contribution in [2.45, 2.75) is 111 Å². The normalized spacial score (nSPS) is 20.6. The van der Waals surface area contributed by atoms with Crippen LogP contribution in [0.2, 0.25) is 5.02 Å². The molecule has 0 aliphatic carbocycles. The lowest BCUT2D eigenvalue weighted by Gasteiger charge is -2.36. The van der Waals surface area contributed by atoms with Crippen LogP contribution in [-0.4, -0.2) is 84.5 Å². The molecule has 2 aliphatic heterocycles. The average Bonchev–Trinajstić information content (AvgIpc) is 3.57. The first-order valence-corrected chi connectivity index (χ1v) is 16.4. The van der Waals surface area contributed by atoms with Crippen LogP contribution in [0.3, 0.4) is 0 Å². The molecular weight excluding hydrogens is 626 g/mol. The zero-order valence-electron chi connectivity index (χ0n) is 29.3. The van der Waals surface area contributed by atoms with Gasteiger partial charge in [0.2, 0.25) is 23.5 Å². The molecule has 12 nitrogen and oxygen atoms in total. The van der Waals surface area contributed by atoms with Gasteiger partial charge in [0.25, 0.3) is 5.91 Å². The van der Waals surface area contributed by atoms with E-state index in [9.17, 15) is 24.0 Å². The van der Waals surface area contributed by atoms with E-state index in [4.69, 9.17) is 21.2 Å². The predicted molar refractivity (Wildman–Crippen MR) is 179 cm³/mol. The number of nitrogens with one attached hydrogen (secondary N) is 3. The molecule has 13 heteroatoms. The highest BCUT2D eigenvalue weighted by molar-refractivity contribution is 6.38. The molecule has 1 spiro atoms. The van der Waals surface area contributed by atoms with Gasteiger partial charge in [-0.25, -0.2) is 0 Å². The lowest BCUT2D eigenvalue weighted by Crippen LogP contribution is -2.59. The summed E-state index contributed by atoms with van der Waals surface area (Å²) in [5, 5.41) is 12.8. The van der Waals surface area contributed by atoms with Crippen LogP contribution in [0, 0.1) is 17.8 Å². The quantitative estimate of drug-likeness (QED) is 0.302. The first kappa shape index (κ1) is 37.8. The number of carbonyl (C=O) groups excluding carboxylic acids is 5. The standard InChI is InChI=1S/C34H50ClN5O7/c1-11-12-22(27(42)30(44)36-9)37-29(43)24-16-34(15-23(39-47-34)20-14-21(35)25(46-10)13-19(20)2)18-40(24)31(45)28(33(6,7)8)38-26(41)17-32(3,4)5/h13-14,22,24,28H,11-12,15-18H2,1-10H3,(H,36,44)(H,37,43)(H,38,41)/t22-,24-,28+,34+/m0/s1. The number of ketones is 1. The summed E-state index contributed by atoms with van der Waals surface area (Å²) >= 11 is 6.43. The molecule has 1 saturated heterocycles. The number of hydrogen-bond donors (Lipinski definition) is 3. The molecule has 2 heterocycles. The minimum Gasteiger partial charge on any atom is -0.495 e. The number of carbonyl (C=O) groups is 5. The smallest absolute Gasteiger partial charge is 0.289 e. The first-order chi connectivity index (χ1) is 21.8. The second kappa shape index (κ2) is 14.6. The van der Waals surface area contributed by atoms with Gasteiger partial charge in [-0.2, -0.15) is 0 Å². The Kier molecular flexibility index (Phi) is 11.8. The maximum atomic E-state index is 14.4. The van der Waals surface area contributed by atoms with Crippen molar-refractivity contribution in [3.05, 3.63) is 28.3 Å². The van der Waals surface area contributed by atoms with Crippen LogP contribution in [0.1, 0.15) is 91.7 Å². The second-order valence-electron chi connectivity index (χ2n) is 14.9. The van der Waals surface area contributed by atoms with E-state index in [0.717, 1.165) is 11.1 Å². The summed E-state index contributed by atoms with van der Waals surface area (Å²) in [6, 6.07) is 0.438. The molecule has 0 unspecified atom stereocenters. The van der Waals surface area contributed by atoms with E-state index in [1.165, 1.54) is 19.1 Å². The molecule has 4 amide bonds. The molecule has 3 N–H and O–H groups in total. The van der Waals surface area contributed by atoms with Crippen molar-refractivity contribution in [2.24, 2.45) is 16.0 Å². The van der Waals surface area contributed by atoms with Gasteiger partial charge in [0, 0.05) is 31.9 Å². The van der Waals surface area contributed by atoms with Gasteiger partial charge in [-0.3, -0.25) is 24.0 Å².